The number of nitrogens with one attached hydrogen (secondary N) is 1. The zero-order chi connectivity index (χ0) is 14.5. The maximum atomic E-state index is 12.6. The van der Waals surface area contributed by atoms with Crippen molar-refractivity contribution in [3.05, 3.63) is 22.4 Å². The topological polar surface area (TPSA) is 35.6 Å². The lowest BCUT2D eigenvalue weighted by atomic mass is 10.0. The Morgan fingerprint density at radius 3 is 2.95 bits per heavy atom. The molecule has 0 spiro atoms. The zero-order valence-electron chi connectivity index (χ0n) is 12.6. The van der Waals surface area contributed by atoms with Crippen molar-refractivity contribution in [3.8, 4) is 0 Å². The summed E-state index contributed by atoms with van der Waals surface area (Å²) in [6.07, 6.45) is 4.48. The molecule has 1 atom stereocenters. The second-order valence-electron chi connectivity index (χ2n) is 6.04. The predicted molar refractivity (Wildman–Crippen MR) is 86.4 cm³/mol. The number of carbonyl (C=O) groups excluding carboxylic acids is 1. The molecule has 0 bridgehead atoms. The maximum absolute atomic E-state index is 12.6. The number of nitrogens with zero attached hydrogens (tertiary/aromatic N) is 2. The molecule has 5 heteroatoms. The Kier molecular flexibility index (Phi) is 5.27. The molecular formula is C16H25N3OS. The highest BCUT2D eigenvalue weighted by Gasteiger charge is 2.27. The Bertz CT molecular complexity index is 442. The Morgan fingerprint density at radius 2 is 2.19 bits per heavy atom. The van der Waals surface area contributed by atoms with Gasteiger partial charge in [0.05, 0.1) is 6.04 Å². The first-order chi connectivity index (χ1) is 10.3. The van der Waals surface area contributed by atoms with E-state index in [0.29, 0.717) is 5.91 Å². The lowest BCUT2D eigenvalue weighted by molar-refractivity contribution is -0.133. The highest BCUT2D eigenvalue weighted by atomic mass is 32.1. The van der Waals surface area contributed by atoms with Crippen LogP contribution >= 0.6 is 11.3 Å². The summed E-state index contributed by atoms with van der Waals surface area (Å²) < 4.78 is 0. The molecule has 2 fully saturated rings. The van der Waals surface area contributed by atoms with Crippen LogP contribution in [0.4, 0.5) is 0 Å². The van der Waals surface area contributed by atoms with Crippen LogP contribution in [0, 0.1) is 0 Å². The van der Waals surface area contributed by atoms with Gasteiger partial charge in [-0.3, -0.25) is 9.69 Å². The van der Waals surface area contributed by atoms with Crippen LogP contribution in [0.25, 0.3) is 0 Å². The summed E-state index contributed by atoms with van der Waals surface area (Å²) in [5, 5.41) is 5.52. The van der Waals surface area contributed by atoms with Gasteiger partial charge in [-0.15, -0.1) is 11.3 Å². The van der Waals surface area contributed by atoms with Crippen molar-refractivity contribution >= 4 is 17.2 Å². The van der Waals surface area contributed by atoms with Crippen molar-refractivity contribution < 1.29 is 4.79 Å². The second-order valence-corrected chi connectivity index (χ2v) is 7.07. The third kappa shape index (κ3) is 4.05. The normalized spacial score (nSPS) is 24.8. The number of carbonyl (C=O) groups is 1. The fraction of sp³-hybridized carbons (Fsp3) is 0.688. The van der Waals surface area contributed by atoms with Crippen LogP contribution in [0.3, 0.4) is 0 Å². The van der Waals surface area contributed by atoms with Crippen molar-refractivity contribution in [3.63, 3.8) is 0 Å². The molecule has 2 aliphatic heterocycles. The molecule has 1 unspecified atom stereocenters. The van der Waals surface area contributed by atoms with Crippen molar-refractivity contribution in [1.29, 1.82) is 0 Å². The van der Waals surface area contributed by atoms with Crippen LogP contribution in [-0.4, -0.2) is 54.5 Å². The van der Waals surface area contributed by atoms with Gasteiger partial charge in [-0.2, -0.15) is 0 Å². The van der Waals surface area contributed by atoms with Gasteiger partial charge in [0.1, 0.15) is 0 Å². The van der Waals surface area contributed by atoms with Gasteiger partial charge in [-0.25, -0.2) is 0 Å². The van der Waals surface area contributed by atoms with Crippen molar-refractivity contribution in [2.75, 3.05) is 32.7 Å². The lowest BCUT2D eigenvalue weighted by Crippen LogP contribution is -2.49. The summed E-state index contributed by atoms with van der Waals surface area (Å²) >= 11 is 1.82. The largest absolute Gasteiger partial charge is 0.340 e. The summed E-state index contributed by atoms with van der Waals surface area (Å²) in [5.41, 5.74) is 0. The molecule has 2 aliphatic rings. The average Bonchev–Trinajstić information content (AvgIpc) is 2.92. The molecule has 4 nitrogen and oxygen atoms in total. The first-order valence-electron chi connectivity index (χ1n) is 8.10. The third-order valence-corrected chi connectivity index (χ3v) is 5.33. The van der Waals surface area contributed by atoms with E-state index in [-0.39, 0.29) is 6.04 Å². The minimum absolute atomic E-state index is 0.0718. The molecule has 0 radical (unpaired) electrons. The molecule has 3 rings (SSSR count). The number of hydrogen-bond acceptors (Lipinski definition) is 4. The van der Waals surface area contributed by atoms with Crippen LogP contribution < -0.4 is 5.32 Å². The molecule has 3 heterocycles. The minimum Gasteiger partial charge on any atom is -0.340 e. The summed E-state index contributed by atoms with van der Waals surface area (Å²) in [5.74, 6) is 0.327. The van der Waals surface area contributed by atoms with E-state index < -0.39 is 0 Å². The second kappa shape index (κ2) is 7.38. The highest BCUT2D eigenvalue weighted by molar-refractivity contribution is 7.09. The van der Waals surface area contributed by atoms with Crippen molar-refractivity contribution in [1.82, 2.24) is 15.1 Å². The van der Waals surface area contributed by atoms with E-state index in [4.69, 9.17) is 0 Å². The van der Waals surface area contributed by atoms with E-state index in [1.165, 1.54) is 17.7 Å². The fourth-order valence-corrected chi connectivity index (χ4v) is 4.00. The number of piperidine rings is 1. The molecule has 116 valence electrons. The van der Waals surface area contributed by atoms with Crippen LogP contribution in [0.2, 0.25) is 0 Å². The first-order valence-corrected chi connectivity index (χ1v) is 8.98. The van der Waals surface area contributed by atoms with E-state index >= 15 is 0 Å². The minimum atomic E-state index is 0.0718. The monoisotopic (exact) mass is 307 g/mol. The molecule has 0 aromatic carbocycles. The van der Waals surface area contributed by atoms with Crippen LogP contribution in [0.15, 0.2) is 17.5 Å². The SMILES string of the molecule is O=C(C1CCCCN1)N1CCCN(Cc2cccs2)CC1. The average molecular weight is 307 g/mol. The van der Waals surface area contributed by atoms with Gasteiger partial charge < -0.3 is 10.2 Å². The molecule has 0 aliphatic carbocycles. The standard InChI is InChI=1S/C16H25N3OS/c20-16(15-6-1-2-7-17-15)19-9-4-8-18(10-11-19)13-14-5-3-12-21-14/h3,5,12,15,17H,1-2,4,6-11,13H2. The Labute approximate surface area is 131 Å². The maximum Gasteiger partial charge on any atom is 0.239 e. The van der Waals surface area contributed by atoms with Crippen molar-refractivity contribution in [2.24, 2.45) is 0 Å². The van der Waals surface area contributed by atoms with Gasteiger partial charge >= 0.3 is 0 Å². The number of rotatable bonds is 3. The molecular weight excluding hydrogens is 282 g/mol. The fourth-order valence-electron chi connectivity index (χ4n) is 3.26. The van der Waals surface area contributed by atoms with Gasteiger partial charge in [-0.1, -0.05) is 12.5 Å². The first kappa shape index (κ1) is 15.0. The molecule has 1 amide bonds. The lowest BCUT2D eigenvalue weighted by Gasteiger charge is -2.29. The van der Waals surface area contributed by atoms with Gasteiger partial charge in [0.25, 0.3) is 0 Å². The molecule has 1 N–H and O–H groups in total. The van der Waals surface area contributed by atoms with E-state index in [2.05, 4.69) is 32.6 Å². The van der Waals surface area contributed by atoms with Gasteiger partial charge in [0, 0.05) is 37.6 Å². The predicted octanol–water partition coefficient (Wildman–Crippen LogP) is 1.92. The van der Waals surface area contributed by atoms with Gasteiger partial charge in [0.15, 0.2) is 0 Å². The Balaban J connectivity index is 1.51. The van der Waals surface area contributed by atoms with Crippen LogP contribution in [0.5, 0.6) is 0 Å². The molecule has 21 heavy (non-hydrogen) atoms. The van der Waals surface area contributed by atoms with E-state index in [0.717, 1.165) is 52.1 Å². The van der Waals surface area contributed by atoms with Crippen LogP contribution in [0.1, 0.15) is 30.6 Å². The van der Waals surface area contributed by atoms with E-state index in [1.807, 2.05) is 11.3 Å². The number of hydrogen-bond donors (Lipinski definition) is 1. The summed E-state index contributed by atoms with van der Waals surface area (Å²) in [6, 6.07) is 4.38. The quantitative estimate of drug-likeness (QED) is 0.927. The summed E-state index contributed by atoms with van der Waals surface area (Å²) in [6.45, 7) is 5.91. The van der Waals surface area contributed by atoms with Crippen LogP contribution in [-0.2, 0) is 11.3 Å². The Morgan fingerprint density at radius 1 is 1.24 bits per heavy atom. The van der Waals surface area contributed by atoms with E-state index in [9.17, 15) is 4.79 Å². The molecule has 1 aromatic heterocycles. The summed E-state index contributed by atoms with van der Waals surface area (Å²) in [4.78, 5) is 18.6. The zero-order valence-corrected chi connectivity index (χ0v) is 13.4. The molecule has 2 saturated heterocycles. The van der Waals surface area contributed by atoms with E-state index in [1.54, 1.807) is 0 Å². The number of thiophene rings is 1. The molecule has 1 aromatic rings. The summed E-state index contributed by atoms with van der Waals surface area (Å²) in [7, 11) is 0. The van der Waals surface area contributed by atoms with Crippen molar-refractivity contribution in [2.45, 2.75) is 38.3 Å². The van der Waals surface area contributed by atoms with Gasteiger partial charge in [-0.05, 0) is 37.3 Å². The smallest absolute Gasteiger partial charge is 0.239 e. The van der Waals surface area contributed by atoms with Gasteiger partial charge in [0.2, 0.25) is 5.91 Å². The third-order valence-electron chi connectivity index (χ3n) is 4.47. The highest BCUT2D eigenvalue weighted by Crippen LogP contribution is 2.15. The molecule has 0 saturated carbocycles. The number of amides is 1. The Hall–Kier alpha value is -0.910.